The molecule has 0 saturated heterocycles. The van der Waals surface area contributed by atoms with Crippen LogP contribution < -0.4 is 0 Å². The zero-order chi connectivity index (χ0) is 12.7. The van der Waals surface area contributed by atoms with Crippen molar-refractivity contribution in [2.75, 3.05) is 7.11 Å². The van der Waals surface area contributed by atoms with Gasteiger partial charge < -0.3 is 4.74 Å². The number of ether oxygens (including phenoxy) is 1. The Labute approximate surface area is 102 Å². The van der Waals surface area contributed by atoms with Crippen LogP contribution in [0.2, 0.25) is 0 Å². The Morgan fingerprint density at radius 1 is 1.47 bits per heavy atom. The number of hydrogen-bond acceptors (Lipinski definition) is 3. The third kappa shape index (κ3) is 4.64. The van der Waals surface area contributed by atoms with Gasteiger partial charge in [0.25, 0.3) is 0 Å². The number of carbonyl (C=O) groups is 1. The summed E-state index contributed by atoms with van der Waals surface area (Å²) >= 11 is 0. The SMILES string of the molecule is C=C(C)CC(N=Cc1ccccc1)C(=O)OC. The van der Waals surface area contributed by atoms with Gasteiger partial charge in [0.05, 0.1) is 7.11 Å². The van der Waals surface area contributed by atoms with Gasteiger partial charge in [0.2, 0.25) is 0 Å². The van der Waals surface area contributed by atoms with Gasteiger partial charge in [-0.15, -0.1) is 6.58 Å². The van der Waals surface area contributed by atoms with Gasteiger partial charge in [-0.05, 0) is 12.5 Å². The summed E-state index contributed by atoms with van der Waals surface area (Å²) in [4.78, 5) is 15.7. The van der Waals surface area contributed by atoms with Crippen molar-refractivity contribution in [1.82, 2.24) is 0 Å². The standard InChI is InChI=1S/C14H17NO2/c1-11(2)9-13(14(16)17-3)15-10-12-7-5-4-6-8-12/h4-8,10,13H,1,9H2,2-3H3. The quantitative estimate of drug-likeness (QED) is 0.444. The number of carbonyl (C=O) groups excluding carboxylic acids is 1. The molecule has 0 N–H and O–H groups in total. The van der Waals surface area contributed by atoms with Crippen LogP contribution in [0.4, 0.5) is 0 Å². The van der Waals surface area contributed by atoms with Crippen molar-refractivity contribution in [3.8, 4) is 0 Å². The Kier molecular flexibility index (Phi) is 5.14. The van der Waals surface area contributed by atoms with E-state index in [1.54, 1.807) is 6.21 Å². The van der Waals surface area contributed by atoms with E-state index in [4.69, 9.17) is 4.74 Å². The summed E-state index contributed by atoms with van der Waals surface area (Å²) in [7, 11) is 1.37. The molecular weight excluding hydrogens is 214 g/mol. The Morgan fingerprint density at radius 2 is 2.12 bits per heavy atom. The van der Waals surface area contributed by atoms with Gasteiger partial charge in [-0.3, -0.25) is 4.99 Å². The molecule has 0 aliphatic heterocycles. The maximum atomic E-state index is 11.5. The molecule has 0 aliphatic rings. The highest BCUT2D eigenvalue weighted by atomic mass is 16.5. The molecule has 1 rings (SSSR count). The highest BCUT2D eigenvalue weighted by molar-refractivity contribution is 5.84. The summed E-state index contributed by atoms with van der Waals surface area (Å²) in [6.07, 6.45) is 2.19. The summed E-state index contributed by atoms with van der Waals surface area (Å²) in [5.41, 5.74) is 1.87. The second-order valence-electron chi connectivity index (χ2n) is 3.89. The van der Waals surface area contributed by atoms with Gasteiger partial charge in [0.1, 0.15) is 0 Å². The van der Waals surface area contributed by atoms with Crippen molar-refractivity contribution in [2.45, 2.75) is 19.4 Å². The monoisotopic (exact) mass is 231 g/mol. The first kappa shape index (κ1) is 13.2. The van der Waals surface area contributed by atoms with Crippen LogP contribution in [-0.2, 0) is 9.53 Å². The maximum Gasteiger partial charge on any atom is 0.330 e. The van der Waals surface area contributed by atoms with E-state index in [0.717, 1.165) is 11.1 Å². The molecule has 90 valence electrons. The minimum Gasteiger partial charge on any atom is -0.467 e. The highest BCUT2D eigenvalue weighted by Crippen LogP contribution is 2.08. The number of methoxy groups -OCH3 is 1. The van der Waals surface area contributed by atoms with E-state index in [-0.39, 0.29) is 5.97 Å². The predicted molar refractivity (Wildman–Crippen MR) is 69.3 cm³/mol. The van der Waals surface area contributed by atoms with Crippen molar-refractivity contribution in [3.05, 3.63) is 48.0 Å². The molecule has 0 aliphatic carbocycles. The topological polar surface area (TPSA) is 38.7 Å². The Bertz CT molecular complexity index is 409. The summed E-state index contributed by atoms with van der Waals surface area (Å²) in [6.45, 7) is 5.65. The first-order valence-corrected chi connectivity index (χ1v) is 5.44. The van der Waals surface area contributed by atoms with Gasteiger partial charge >= 0.3 is 5.97 Å². The first-order chi connectivity index (χ1) is 8.13. The van der Waals surface area contributed by atoms with Crippen molar-refractivity contribution < 1.29 is 9.53 Å². The van der Waals surface area contributed by atoms with Gasteiger partial charge in [0.15, 0.2) is 6.04 Å². The fourth-order valence-electron chi connectivity index (χ4n) is 1.38. The minimum absolute atomic E-state index is 0.333. The van der Waals surface area contributed by atoms with E-state index in [1.807, 2.05) is 37.3 Å². The van der Waals surface area contributed by atoms with Crippen LogP contribution in [0.25, 0.3) is 0 Å². The molecule has 1 aromatic rings. The summed E-state index contributed by atoms with van der Waals surface area (Å²) < 4.78 is 4.71. The Morgan fingerprint density at radius 3 is 2.65 bits per heavy atom. The fraction of sp³-hybridized carbons (Fsp3) is 0.286. The highest BCUT2D eigenvalue weighted by Gasteiger charge is 2.16. The van der Waals surface area contributed by atoms with Crippen molar-refractivity contribution >= 4 is 12.2 Å². The van der Waals surface area contributed by atoms with E-state index in [9.17, 15) is 4.79 Å². The van der Waals surface area contributed by atoms with E-state index >= 15 is 0 Å². The third-order valence-corrected chi connectivity index (χ3v) is 2.22. The number of benzene rings is 1. The minimum atomic E-state index is -0.502. The molecule has 0 radical (unpaired) electrons. The zero-order valence-electron chi connectivity index (χ0n) is 10.2. The summed E-state index contributed by atoms with van der Waals surface area (Å²) in [5, 5.41) is 0. The molecule has 1 unspecified atom stereocenters. The van der Waals surface area contributed by atoms with Gasteiger partial charge in [-0.25, -0.2) is 4.79 Å². The molecule has 0 heterocycles. The van der Waals surface area contributed by atoms with Crippen LogP contribution in [0.15, 0.2) is 47.5 Å². The number of nitrogens with zero attached hydrogens (tertiary/aromatic N) is 1. The predicted octanol–water partition coefficient (Wildman–Crippen LogP) is 2.61. The van der Waals surface area contributed by atoms with Crippen LogP contribution in [-0.4, -0.2) is 25.3 Å². The Balaban J connectivity index is 2.75. The molecule has 3 nitrogen and oxygen atoms in total. The van der Waals surface area contributed by atoms with E-state index in [2.05, 4.69) is 11.6 Å². The molecule has 0 aromatic heterocycles. The molecule has 0 spiro atoms. The van der Waals surface area contributed by atoms with Gasteiger partial charge in [0, 0.05) is 12.6 Å². The molecule has 17 heavy (non-hydrogen) atoms. The molecular formula is C14H17NO2. The number of rotatable bonds is 5. The van der Waals surface area contributed by atoms with E-state index in [1.165, 1.54) is 7.11 Å². The fourth-order valence-corrected chi connectivity index (χ4v) is 1.38. The smallest absolute Gasteiger partial charge is 0.330 e. The summed E-state index contributed by atoms with van der Waals surface area (Å²) in [6, 6.07) is 9.14. The lowest BCUT2D eigenvalue weighted by atomic mass is 10.1. The largest absolute Gasteiger partial charge is 0.467 e. The average molecular weight is 231 g/mol. The molecule has 0 saturated carbocycles. The van der Waals surface area contributed by atoms with Crippen LogP contribution in [0.5, 0.6) is 0 Å². The van der Waals surface area contributed by atoms with Crippen molar-refractivity contribution in [3.63, 3.8) is 0 Å². The third-order valence-electron chi connectivity index (χ3n) is 2.22. The van der Waals surface area contributed by atoms with Crippen molar-refractivity contribution in [2.24, 2.45) is 4.99 Å². The number of hydrogen-bond donors (Lipinski definition) is 0. The average Bonchev–Trinajstić information content (AvgIpc) is 2.34. The second-order valence-corrected chi connectivity index (χ2v) is 3.89. The normalized spacial score (nSPS) is 12.4. The lowest BCUT2D eigenvalue weighted by molar-refractivity contribution is -0.142. The first-order valence-electron chi connectivity index (χ1n) is 5.44. The molecule has 0 fully saturated rings. The molecule has 1 atom stereocenters. The van der Waals surface area contributed by atoms with E-state index in [0.29, 0.717) is 6.42 Å². The van der Waals surface area contributed by atoms with Crippen LogP contribution in [0, 0.1) is 0 Å². The molecule has 0 amide bonds. The van der Waals surface area contributed by atoms with Crippen molar-refractivity contribution in [1.29, 1.82) is 0 Å². The summed E-state index contributed by atoms with van der Waals surface area (Å²) in [5.74, 6) is -0.333. The lowest BCUT2D eigenvalue weighted by Crippen LogP contribution is -2.20. The molecule has 3 heteroatoms. The van der Waals surface area contributed by atoms with Crippen LogP contribution >= 0.6 is 0 Å². The van der Waals surface area contributed by atoms with E-state index < -0.39 is 6.04 Å². The maximum absolute atomic E-state index is 11.5. The number of aliphatic imine (C=N–C) groups is 1. The molecule has 1 aromatic carbocycles. The molecule has 0 bridgehead atoms. The van der Waals surface area contributed by atoms with Crippen LogP contribution in [0.1, 0.15) is 18.9 Å². The van der Waals surface area contributed by atoms with Gasteiger partial charge in [-0.2, -0.15) is 0 Å². The van der Waals surface area contributed by atoms with Crippen LogP contribution in [0.3, 0.4) is 0 Å². The lowest BCUT2D eigenvalue weighted by Gasteiger charge is -2.09. The number of esters is 1. The second kappa shape index (κ2) is 6.63. The zero-order valence-corrected chi connectivity index (χ0v) is 10.2. The van der Waals surface area contributed by atoms with Gasteiger partial charge in [-0.1, -0.05) is 35.9 Å². The Hall–Kier alpha value is -1.90.